The van der Waals surface area contributed by atoms with Crippen LogP contribution in [0.3, 0.4) is 0 Å². The van der Waals surface area contributed by atoms with Crippen LogP contribution >= 0.6 is 0 Å². The van der Waals surface area contributed by atoms with Gasteiger partial charge in [0, 0.05) is 24.5 Å². The van der Waals surface area contributed by atoms with E-state index in [4.69, 9.17) is 5.26 Å². The first-order valence-corrected chi connectivity index (χ1v) is 12.9. The van der Waals surface area contributed by atoms with Crippen LogP contribution in [0.15, 0.2) is 28.3 Å². The van der Waals surface area contributed by atoms with Crippen molar-refractivity contribution in [2.24, 2.45) is 4.99 Å². The molecule has 8 nitrogen and oxygen atoms in total. The van der Waals surface area contributed by atoms with E-state index in [2.05, 4.69) is 25.3 Å². The van der Waals surface area contributed by atoms with Crippen molar-refractivity contribution in [3.05, 3.63) is 18.5 Å². The summed E-state index contributed by atoms with van der Waals surface area (Å²) < 4.78 is 28.5. The van der Waals surface area contributed by atoms with Crippen LogP contribution in [0.5, 0.6) is 0 Å². The summed E-state index contributed by atoms with van der Waals surface area (Å²) in [4.78, 5) is 8.20. The van der Waals surface area contributed by atoms with Gasteiger partial charge in [0.25, 0.3) is 10.0 Å². The standard InChI is InChI=1S/C22H36N6O2S/c1-18(2)26-22(25-17-23)28-31(29,30)21-16-24-15-14-20(21)27-19-12-10-8-6-4-3-5-7-9-11-13-19/h14-16,18-19H,3-13H2,1-2H3,(H,24,27)(H2,25,26,28). The second kappa shape index (κ2) is 13.2. The number of hydrogen-bond donors (Lipinski definition) is 3. The Kier molecular flexibility index (Phi) is 10.6. The molecule has 2 rings (SSSR count). The number of nitriles is 1. The third-order valence-electron chi connectivity index (χ3n) is 5.33. The van der Waals surface area contributed by atoms with Crippen LogP contribution < -0.4 is 15.4 Å². The topological polar surface area (TPSA) is 119 Å². The normalized spacial score (nSPS) is 17.8. The minimum Gasteiger partial charge on any atom is -0.381 e. The van der Waals surface area contributed by atoms with E-state index in [1.165, 1.54) is 51.1 Å². The van der Waals surface area contributed by atoms with E-state index >= 15 is 0 Å². The molecule has 0 unspecified atom stereocenters. The summed E-state index contributed by atoms with van der Waals surface area (Å²) in [5.74, 6) is -0.0988. The van der Waals surface area contributed by atoms with Gasteiger partial charge in [-0.1, -0.05) is 57.8 Å². The van der Waals surface area contributed by atoms with Gasteiger partial charge in [0.2, 0.25) is 5.96 Å². The Morgan fingerprint density at radius 2 is 1.68 bits per heavy atom. The number of aliphatic imine (C=N–C) groups is 1. The first-order chi connectivity index (χ1) is 14.9. The van der Waals surface area contributed by atoms with Crippen molar-refractivity contribution in [3.8, 4) is 6.19 Å². The molecule has 172 valence electrons. The molecule has 0 saturated heterocycles. The second-order valence-electron chi connectivity index (χ2n) is 8.39. The molecule has 0 aromatic carbocycles. The van der Waals surface area contributed by atoms with Crippen molar-refractivity contribution in [2.75, 3.05) is 5.32 Å². The largest absolute Gasteiger partial charge is 0.381 e. The maximum absolute atomic E-state index is 13.0. The van der Waals surface area contributed by atoms with Crippen molar-refractivity contribution in [1.82, 2.24) is 15.0 Å². The zero-order valence-corrected chi connectivity index (χ0v) is 19.5. The van der Waals surface area contributed by atoms with Gasteiger partial charge in [-0.25, -0.2) is 18.1 Å². The van der Waals surface area contributed by atoms with Crippen molar-refractivity contribution < 1.29 is 8.42 Å². The highest BCUT2D eigenvalue weighted by Crippen LogP contribution is 2.24. The molecule has 0 atom stereocenters. The first-order valence-electron chi connectivity index (χ1n) is 11.4. The molecule has 1 aliphatic carbocycles. The van der Waals surface area contributed by atoms with E-state index in [0.29, 0.717) is 5.69 Å². The van der Waals surface area contributed by atoms with Gasteiger partial charge < -0.3 is 5.32 Å². The second-order valence-corrected chi connectivity index (χ2v) is 10.0. The number of pyridine rings is 1. The Hall–Kier alpha value is -2.34. The lowest BCUT2D eigenvalue weighted by Gasteiger charge is -2.22. The maximum Gasteiger partial charge on any atom is 0.267 e. The predicted octanol–water partition coefficient (Wildman–Crippen LogP) is 4.28. The van der Waals surface area contributed by atoms with Crippen LogP contribution in [-0.4, -0.2) is 31.4 Å². The molecule has 1 saturated carbocycles. The van der Waals surface area contributed by atoms with E-state index < -0.39 is 10.0 Å². The molecule has 1 aromatic heterocycles. The first kappa shape index (κ1) is 24.9. The van der Waals surface area contributed by atoms with Gasteiger partial charge in [0.05, 0.1) is 5.69 Å². The summed E-state index contributed by atoms with van der Waals surface area (Å²) in [6, 6.07) is 1.74. The fourth-order valence-electron chi connectivity index (χ4n) is 3.82. The summed E-state index contributed by atoms with van der Waals surface area (Å²) in [5.41, 5.74) is 0.528. The quantitative estimate of drug-likeness (QED) is 0.268. The lowest BCUT2D eigenvalue weighted by atomic mass is 9.98. The summed E-state index contributed by atoms with van der Waals surface area (Å²) in [6.45, 7) is 3.60. The van der Waals surface area contributed by atoms with Gasteiger partial charge in [-0.15, -0.1) is 0 Å². The van der Waals surface area contributed by atoms with E-state index in [9.17, 15) is 8.42 Å². The number of guanidine groups is 1. The summed E-state index contributed by atoms with van der Waals surface area (Å²) in [7, 11) is -3.97. The summed E-state index contributed by atoms with van der Waals surface area (Å²) in [6.07, 6.45) is 17.9. The number of nitrogens with zero attached hydrogens (tertiary/aromatic N) is 3. The third kappa shape index (κ3) is 9.13. The molecule has 9 heteroatoms. The molecule has 1 heterocycles. The molecule has 0 bridgehead atoms. The minimum absolute atomic E-state index is 0.0531. The molecule has 31 heavy (non-hydrogen) atoms. The average Bonchev–Trinajstić information content (AvgIpc) is 2.70. The highest BCUT2D eigenvalue weighted by molar-refractivity contribution is 7.90. The van der Waals surface area contributed by atoms with Gasteiger partial charge in [-0.2, -0.15) is 5.26 Å². The van der Waals surface area contributed by atoms with Crippen LogP contribution in [-0.2, 0) is 10.0 Å². The highest BCUT2D eigenvalue weighted by atomic mass is 32.2. The Morgan fingerprint density at radius 3 is 2.23 bits per heavy atom. The molecule has 1 aliphatic rings. The molecule has 0 radical (unpaired) electrons. The molecule has 1 aromatic rings. The minimum atomic E-state index is -3.97. The Morgan fingerprint density at radius 1 is 1.10 bits per heavy atom. The zero-order valence-electron chi connectivity index (χ0n) is 18.7. The summed E-state index contributed by atoms with van der Waals surface area (Å²) >= 11 is 0. The van der Waals surface area contributed by atoms with Gasteiger partial charge >= 0.3 is 0 Å². The molecule has 0 amide bonds. The van der Waals surface area contributed by atoms with E-state index in [-0.39, 0.29) is 22.9 Å². The molecular formula is C22H36N6O2S. The van der Waals surface area contributed by atoms with E-state index in [1.54, 1.807) is 32.3 Å². The maximum atomic E-state index is 13.0. The number of anilines is 1. The average molecular weight is 449 g/mol. The van der Waals surface area contributed by atoms with Crippen LogP contribution in [0.4, 0.5) is 5.69 Å². The molecular weight excluding hydrogens is 412 g/mol. The SMILES string of the molecule is CC(C)N=C(NC#N)NS(=O)(=O)c1cnccc1NC1CCCCCCCCCCC1. The molecule has 0 aliphatic heterocycles. The Bertz CT molecular complexity index is 836. The van der Waals surface area contributed by atoms with Crippen LogP contribution in [0.2, 0.25) is 0 Å². The predicted molar refractivity (Wildman–Crippen MR) is 124 cm³/mol. The Labute approximate surface area is 187 Å². The molecule has 1 fully saturated rings. The van der Waals surface area contributed by atoms with Crippen molar-refractivity contribution in [3.63, 3.8) is 0 Å². The van der Waals surface area contributed by atoms with Gasteiger partial charge in [-0.3, -0.25) is 10.3 Å². The van der Waals surface area contributed by atoms with E-state index in [0.717, 1.165) is 25.7 Å². The smallest absolute Gasteiger partial charge is 0.267 e. The van der Waals surface area contributed by atoms with Crippen LogP contribution in [0.25, 0.3) is 0 Å². The number of aromatic nitrogens is 1. The molecule has 3 N–H and O–H groups in total. The van der Waals surface area contributed by atoms with Crippen molar-refractivity contribution in [2.45, 2.75) is 101 Å². The van der Waals surface area contributed by atoms with Crippen LogP contribution in [0.1, 0.15) is 84.5 Å². The lowest BCUT2D eigenvalue weighted by Crippen LogP contribution is -2.39. The third-order valence-corrected chi connectivity index (χ3v) is 6.70. The van der Waals surface area contributed by atoms with Gasteiger partial charge in [0.15, 0.2) is 6.19 Å². The van der Waals surface area contributed by atoms with Crippen molar-refractivity contribution in [1.29, 1.82) is 5.26 Å². The fraction of sp³-hybridized carbons (Fsp3) is 0.682. The fourth-order valence-corrected chi connectivity index (χ4v) is 4.90. The molecule has 0 spiro atoms. The number of sulfonamides is 1. The highest BCUT2D eigenvalue weighted by Gasteiger charge is 2.22. The Balaban J connectivity index is 2.17. The van der Waals surface area contributed by atoms with Crippen LogP contribution in [0, 0.1) is 11.5 Å². The number of rotatable bonds is 5. The van der Waals surface area contributed by atoms with Gasteiger partial charge in [-0.05, 0) is 32.8 Å². The zero-order chi connectivity index (χ0) is 22.5. The summed E-state index contributed by atoms with van der Waals surface area (Å²) in [5, 5.41) is 14.7. The van der Waals surface area contributed by atoms with Gasteiger partial charge in [0.1, 0.15) is 4.90 Å². The number of nitrogens with one attached hydrogen (secondary N) is 3. The lowest BCUT2D eigenvalue weighted by molar-refractivity contribution is 0.479. The monoisotopic (exact) mass is 448 g/mol. The van der Waals surface area contributed by atoms with Crippen molar-refractivity contribution >= 4 is 21.7 Å². The van der Waals surface area contributed by atoms with E-state index in [1.807, 2.05) is 0 Å². The number of hydrogen-bond acceptors (Lipinski definition) is 6.